The number of ketones is 1. The molecule has 2 atom stereocenters. The predicted octanol–water partition coefficient (Wildman–Crippen LogP) is 1.68. The van der Waals surface area contributed by atoms with Gasteiger partial charge in [-0.05, 0) is 6.42 Å². The molecule has 15 heavy (non-hydrogen) atoms. The fourth-order valence-corrected chi connectivity index (χ4v) is 1.71. The Kier molecular flexibility index (Phi) is 2.54. The highest BCUT2D eigenvalue weighted by Crippen LogP contribution is 2.41. The van der Waals surface area contributed by atoms with Crippen molar-refractivity contribution in [3.63, 3.8) is 0 Å². The van der Waals surface area contributed by atoms with Crippen molar-refractivity contribution >= 4 is 11.8 Å². The Morgan fingerprint density at radius 2 is 1.87 bits per heavy atom. The molecule has 0 radical (unpaired) electrons. The van der Waals surface area contributed by atoms with Crippen molar-refractivity contribution in [2.24, 2.45) is 11.8 Å². The molecule has 0 heterocycles. The van der Waals surface area contributed by atoms with Gasteiger partial charge < -0.3 is 4.74 Å². The first kappa shape index (κ1) is 9.90. The Morgan fingerprint density at radius 1 is 1.20 bits per heavy atom. The molecule has 1 aromatic carbocycles. The van der Waals surface area contributed by atoms with E-state index in [1.165, 1.54) is 7.11 Å². The van der Waals surface area contributed by atoms with Crippen molar-refractivity contribution in [1.82, 2.24) is 0 Å². The molecule has 0 aromatic heterocycles. The summed E-state index contributed by atoms with van der Waals surface area (Å²) >= 11 is 0. The Hall–Kier alpha value is -1.64. The highest BCUT2D eigenvalue weighted by Gasteiger charge is 2.48. The van der Waals surface area contributed by atoms with Crippen LogP contribution < -0.4 is 0 Å². The van der Waals surface area contributed by atoms with E-state index >= 15 is 0 Å². The number of carbonyl (C=O) groups excluding carboxylic acids is 2. The zero-order valence-corrected chi connectivity index (χ0v) is 8.47. The fourth-order valence-electron chi connectivity index (χ4n) is 1.71. The molecule has 1 saturated carbocycles. The van der Waals surface area contributed by atoms with Crippen LogP contribution in [0.4, 0.5) is 0 Å². The highest BCUT2D eigenvalue weighted by atomic mass is 16.5. The molecule has 0 spiro atoms. The van der Waals surface area contributed by atoms with Gasteiger partial charge in [-0.1, -0.05) is 30.3 Å². The molecule has 78 valence electrons. The molecule has 1 aromatic rings. The van der Waals surface area contributed by atoms with Gasteiger partial charge in [0.05, 0.1) is 13.0 Å². The average molecular weight is 204 g/mol. The predicted molar refractivity (Wildman–Crippen MR) is 54.4 cm³/mol. The third-order valence-electron chi connectivity index (χ3n) is 2.69. The Balaban J connectivity index is 2.04. The highest BCUT2D eigenvalue weighted by molar-refractivity contribution is 6.02. The lowest BCUT2D eigenvalue weighted by Crippen LogP contribution is -2.10. The minimum Gasteiger partial charge on any atom is -0.469 e. The second kappa shape index (κ2) is 3.85. The van der Waals surface area contributed by atoms with E-state index in [9.17, 15) is 9.59 Å². The van der Waals surface area contributed by atoms with Crippen LogP contribution in [-0.4, -0.2) is 18.9 Å². The van der Waals surface area contributed by atoms with Crippen LogP contribution in [0.1, 0.15) is 16.8 Å². The number of esters is 1. The summed E-state index contributed by atoms with van der Waals surface area (Å²) in [4.78, 5) is 23.0. The maximum atomic E-state index is 11.8. The van der Waals surface area contributed by atoms with Gasteiger partial charge in [0.1, 0.15) is 0 Å². The summed E-state index contributed by atoms with van der Waals surface area (Å²) in [5, 5.41) is 0. The SMILES string of the molecule is COC(=O)[C@H]1C[C@H]1C(=O)c1ccccc1. The summed E-state index contributed by atoms with van der Waals surface area (Å²) in [6.07, 6.45) is 0.625. The van der Waals surface area contributed by atoms with E-state index < -0.39 is 0 Å². The average Bonchev–Trinajstić information content (AvgIpc) is 3.08. The molecule has 1 aliphatic rings. The van der Waals surface area contributed by atoms with Gasteiger partial charge in [-0.2, -0.15) is 0 Å². The molecule has 1 fully saturated rings. The molecule has 0 bridgehead atoms. The number of hydrogen-bond acceptors (Lipinski definition) is 3. The zero-order valence-electron chi connectivity index (χ0n) is 8.47. The van der Waals surface area contributed by atoms with Crippen LogP contribution in [0.15, 0.2) is 30.3 Å². The van der Waals surface area contributed by atoms with Crippen molar-refractivity contribution in [1.29, 1.82) is 0 Å². The molecule has 0 saturated heterocycles. The summed E-state index contributed by atoms with van der Waals surface area (Å²) in [6, 6.07) is 9.05. The standard InChI is InChI=1S/C12H12O3/c1-15-12(14)10-7-9(10)11(13)8-5-3-2-4-6-8/h2-6,9-10H,7H2,1H3/t9-,10+/m1/s1. The number of Topliss-reactive ketones (excluding diaryl/α,β-unsaturated/α-hetero) is 1. The lowest BCUT2D eigenvalue weighted by Gasteiger charge is -1.99. The summed E-state index contributed by atoms with van der Waals surface area (Å²) in [7, 11) is 1.35. The summed E-state index contributed by atoms with van der Waals surface area (Å²) in [5.74, 6) is -0.613. The number of benzene rings is 1. The fraction of sp³-hybridized carbons (Fsp3) is 0.333. The number of methoxy groups -OCH3 is 1. The molecule has 1 aliphatic carbocycles. The normalized spacial score (nSPS) is 23.3. The van der Waals surface area contributed by atoms with Crippen molar-refractivity contribution in [3.05, 3.63) is 35.9 Å². The van der Waals surface area contributed by atoms with Crippen LogP contribution in [0.25, 0.3) is 0 Å². The summed E-state index contributed by atoms with van der Waals surface area (Å²) < 4.78 is 4.60. The van der Waals surface area contributed by atoms with Crippen LogP contribution in [0.2, 0.25) is 0 Å². The lowest BCUT2D eigenvalue weighted by atomic mass is 10.1. The maximum absolute atomic E-state index is 11.8. The van der Waals surface area contributed by atoms with E-state index in [0.29, 0.717) is 12.0 Å². The quantitative estimate of drug-likeness (QED) is 0.555. The summed E-state index contributed by atoms with van der Waals surface area (Å²) in [6.45, 7) is 0. The van der Waals surface area contributed by atoms with Gasteiger partial charge in [0.15, 0.2) is 5.78 Å². The molecular formula is C12H12O3. The van der Waals surface area contributed by atoms with Gasteiger partial charge in [0.2, 0.25) is 0 Å². The van der Waals surface area contributed by atoms with Gasteiger partial charge in [0.25, 0.3) is 0 Å². The van der Waals surface area contributed by atoms with E-state index in [0.717, 1.165) is 0 Å². The molecule has 0 aliphatic heterocycles. The molecule has 3 nitrogen and oxygen atoms in total. The van der Waals surface area contributed by atoms with Crippen molar-refractivity contribution < 1.29 is 14.3 Å². The minimum atomic E-state index is -0.274. The largest absolute Gasteiger partial charge is 0.469 e. The third-order valence-corrected chi connectivity index (χ3v) is 2.69. The first-order valence-corrected chi connectivity index (χ1v) is 4.91. The second-order valence-electron chi connectivity index (χ2n) is 3.70. The van der Waals surface area contributed by atoms with Gasteiger partial charge in [0, 0.05) is 11.5 Å². The van der Waals surface area contributed by atoms with E-state index in [1.807, 2.05) is 18.2 Å². The van der Waals surface area contributed by atoms with E-state index in [1.54, 1.807) is 12.1 Å². The molecule has 2 rings (SSSR count). The van der Waals surface area contributed by atoms with Crippen LogP contribution in [0, 0.1) is 11.8 Å². The lowest BCUT2D eigenvalue weighted by molar-refractivity contribution is -0.142. The topological polar surface area (TPSA) is 43.4 Å². The van der Waals surface area contributed by atoms with Crippen LogP contribution in [-0.2, 0) is 9.53 Å². The van der Waals surface area contributed by atoms with Crippen LogP contribution in [0.3, 0.4) is 0 Å². The Bertz CT molecular complexity index is 383. The number of ether oxygens (including phenoxy) is 1. The smallest absolute Gasteiger partial charge is 0.309 e. The zero-order chi connectivity index (χ0) is 10.8. The maximum Gasteiger partial charge on any atom is 0.309 e. The van der Waals surface area contributed by atoms with E-state index in [4.69, 9.17) is 0 Å². The third kappa shape index (κ3) is 1.91. The molecular weight excluding hydrogens is 192 g/mol. The molecule has 0 N–H and O–H groups in total. The van der Waals surface area contributed by atoms with Gasteiger partial charge in [-0.15, -0.1) is 0 Å². The van der Waals surface area contributed by atoms with Gasteiger partial charge >= 0.3 is 5.97 Å². The summed E-state index contributed by atoms with van der Waals surface area (Å²) in [5.41, 5.74) is 0.675. The Morgan fingerprint density at radius 3 is 2.47 bits per heavy atom. The number of carbonyl (C=O) groups is 2. The van der Waals surface area contributed by atoms with Gasteiger partial charge in [-0.3, -0.25) is 9.59 Å². The van der Waals surface area contributed by atoms with Crippen LogP contribution in [0.5, 0.6) is 0 Å². The molecule has 0 amide bonds. The van der Waals surface area contributed by atoms with Crippen molar-refractivity contribution in [3.8, 4) is 0 Å². The van der Waals surface area contributed by atoms with Crippen LogP contribution >= 0.6 is 0 Å². The van der Waals surface area contributed by atoms with E-state index in [-0.39, 0.29) is 23.6 Å². The minimum absolute atomic E-state index is 0.0472. The molecule has 0 unspecified atom stereocenters. The second-order valence-corrected chi connectivity index (χ2v) is 3.70. The van der Waals surface area contributed by atoms with Gasteiger partial charge in [-0.25, -0.2) is 0 Å². The number of rotatable bonds is 3. The first-order valence-electron chi connectivity index (χ1n) is 4.91. The first-order chi connectivity index (χ1) is 7.24. The van der Waals surface area contributed by atoms with E-state index in [2.05, 4.69) is 4.74 Å². The van der Waals surface area contributed by atoms with Crippen molar-refractivity contribution in [2.75, 3.05) is 7.11 Å². The monoisotopic (exact) mass is 204 g/mol. The van der Waals surface area contributed by atoms with Crippen molar-refractivity contribution in [2.45, 2.75) is 6.42 Å². The number of hydrogen-bond donors (Lipinski definition) is 0. The Labute approximate surface area is 88.1 Å². The molecule has 3 heteroatoms.